The second-order valence-electron chi connectivity index (χ2n) is 7.39. The number of imidazole rings is 1. The summed E-state index contributed by atoms with van der Waals surface area (Å²) in [6, 6.07) is 13.4. The van der Waals surface area contributed by atoms with Gasteiger partial charge < -0.3 is 9.88 Å². The molecule has 160 valence electrons. The summed E-state index contributed by atoms with van der Waals surface area (Å²) in [6.07, 6.45) is 6.85. The van der Waals surface area contributed by atoms with Gasteiger partial charge in [0.05, 0.1) is 10.6 Å². The van der Waals surface area contributed by atoms with Crippen molar-refractivity contribution in [1.29, 1.82) is 0 Å². The fraction of sp³-hybridized carbons (Fsp3) is 0.217. The fourth-order valence-corrected chi connectivity index (χ4v) is 4.55. The molecule has 8 heteroatoms. The van der Waals surface area contributed by atoms with Crippen molar-refractivity contribution in [2.75, 3.05) is 11.9 Å². The molecule has 1 aromatic heterocycles. The highest BCUT2D eigenvalue weighted by atomic mass is 32.2. The Morgan fingerprint density at radius 2 is 1.97 bits per heavy atom. The van der Waals surface area contributed by atoms with E-state index in [1.54, 1.807) is 0 Å². The molecule has 2 N–H and O–H groups in total. The predicted molar refractivity (Wildman–Crippen MR) is 120 cm³/mol. The van der Waals surface area contributed by atoms with Gasteiger partial charge in [-0.2, -0.15) is 0 Å². The van der Waals surface area contributed by atoms with Crippen molar-refractivity contribution in [3.05, 3.63) is 78.8 Å². The number of nitrogens with one attached hydrogen (secondary N) is 2. The Morgan fingerprint density at radius 3 is 2.71 bits per heavy atom. The zero-order valence-corrected chi connectivity index (χ0v) is 17.9. The number of nitrogens with zero attached hydrogens (tertiary/aromatic N) is 2. The average Bonchev–Trinajstić information content (AvgIpc) is 3.22. The van der Waals surface area contributed by atoms with Crippen LogP contribution in [-0.4, -0.2) is 30.4 Å². The Hall–Kier alpha value is -3.23. The van der Waals surface area contributed by atoms with E-state index < -0.39 is 10.0 Å². The summed E-state index contributed by atoms with van der Waals surface area (Å²) in [4.78, 5) is 17.5. The highest BCUT2D eigenvalue weighted by Gasteiger charge is 2.15. The van der Waals surface area contributed by atoms with Crippen LogP contribution < -0.4 is 10.0 Å². The van der Waals surface area contributed by atoms with Gasteiger partial charge in [0.25, 0.3) is 5.91 Å². The third-order valence-electron chi connectivity index (χ3n) is 5.17. The molecule has 0 bridgehead atoms. The minimum atomic E-state index is -3.62. The second-order valence-corrected chi connectivity index (χ2v) is 9.16. The van der Waals surface area contributed by atoms with E-state index in [2.05, 4.69) is 27.4 Å². The Kier molecular flexibility index (Phi) is 6.01. The van der Waals surface area contributed by atoms with Gasteiger partial charge in [0, 0.05) is 42.5 Å². The van der Waals surface area contributed by atoms with Crippen molar-refractivity contribution in [2.45, 2.75) is 30.7 Å². The van der Waals surface area contributed by atoms with Gasteiger partial charge in [0.2, 0.25) is 10.0 Å². The first-order chi connectivity index (χ1) is 15.0. The summed E-state index contributed by atoms with van der Waals surface area (Å²) < 4.78 is 28.9. The molecular formula is C23H24N4O3S. The third-order valence-corrected chi connectivity index (χ3v) is 6.61. The number of sulfonamides is 1. The molecule has 1 aliphatic heterocycles. The van der Waals surface area contributed by atoms with E-state index in [-0.39, 0.29) is 17.3 Å². The van der Waals surface area contributed by atoms with Gasteiger partial charge >= 0.3 is 0 Å². The summed E-state index contributed by atoms with van der Waals surface area (Å²) in [6.45, 7) is 4.63. The van der Waals surface area contributed by atoms with E-state index in [0.29, 0.717) is 11.3 Å². The Morgan fingerprint density at radius 1 is 1.16 bits per heavy atom. The van der Waals surface area contributed by atoms with E-state index in [9.17, 15) is 13.2 Å². The number of anilines is 1. The first kappa shape index (κ1) is 21.0. The maximum absolute atomic E-state index is 12.6. The number of amides is 1. The molecule has 0 saturated carbocycles. The second kappa shape index (κ2) is 8.87. The quantitative estimate of drug-likeness (QED) is 0.554. The van der Waals surface area contributed by atoms with Crippen LogP contribution >= 0.6 is 0 Å². The van der Waals surface area contributed by atoms with E-state index >= 15 is 0 Å². The number of aromatic nitrogens is 2. The highest BCUT2D eigenvalue weighted by Crippen LogP contribution is 2.25. The molecule has 2 heterocycles. The largest absolute Gasteiger partial charge is 0.334 e. The number of aryl methyl sites for hydroxylation is 2. The van der Waals surface area contributed by atoms with Crippen molar-refractivity contribution in [1.82, 2.24) is 14.3 Å². The summed E-state index contributed by atoms with van der Waals surface area (Å²) in [7, 11) is -3.62. The molecule has 31 heavy (non-hydrogen) atoms. The van der Waals surface area contributed by atoms with Gasteiger partial charge in [0.1, 0.15) is 5.82 Å². The third kappa shape index (κ3) is 4.76. The lowest BCUT2D eigenvalue weighted by Gasteiger charge is -2.11. The topological polar surface area (TPSA) is 93.1 Å². The van der Waals surface area contributed by atoms with Crippen LogP contribution in [0.1, 0.15) is 29.0 Å². The predicted octanol–water partition coefficient (Wildman–Crippen LogP) is 3.60. The fourth-order valence-electron chi connectivity index (χ4n) is 3.55. The monoisotopic (exact) mass is 436 g/mol. The number of hydrogen-bond donors (Lipinski definition) is 2. The number of carbonyl (C=O) groups excluding carboxylic acids is 1. The first-order valence-electron chi connectivity index (χ1n) is 10.1. The lowest BCUT2D eigenvalue weighted by molar-refractivity contribution is 0.102. The SMILES string of the molecule is C=CCNS(=O)(=O)c1ccc(C(=O)Nc2cccc(-c3cn4c(n3)CCCC4)c2)cc1. The molecule has 7 nitrogen and oxygen atoms in total. The number of benzene rings is 2. The van der Waals surface area contributed by atoms with Crippen molar-refractivity contribution in [3.8, 4) is 11.3 Å². The molecule has 1 amide bonds. The van der Waals surface area contributed by atoms with Crippen LogP contribution in [0.2, 0.25) is 0 Å². The molecular weight excluding hydrogens is 412 g/mol. The van der Waals surface area contributed by atoms with Crippen molar-refractivity contribution in [3.63, 3.8) is 0 Å². The van der Waals surface area contributed by atoms with Crippen molar-refractivity contribution < 1.29 is 13.2 Å². The first-order valence-corrected chi connectivity index (χ1v) is 11.6. The number of rotatable bonds is 7. The van der Waals surface area contributed by atoms with Gasteiger partial charge in [-0.05, 0) is 49.2 Å². The number of hydrogen-bond acceptors (Lipinski definition) is 4. The standard InChI is InChI=1S/C23H24N4O3S/c1-2-13-24-31(29,30)20-11-9-17(10-12-20)23(28)25-19-7-5-6-18(15-19)21-16-27-14-4-3-8-22(27)26-21/h2,5-7,9-12,15-16,24H,1,3-4,8,13-14H2,(H,25,28). The summed E-state index contributed by atoms with van der Waals surface area (Å²) >= 11 is 0. The zero-order valence-electron chi connectivity index (χ0n) is 17.0. The molecule has 1 aliphatic rings. The lowest BCUT2D eigenvalue weighted by Crippen LogP contribution is -2.23. The van der Waals surface area contributed by atoms with E-state index in [1.807, 2.05) is 24.3 Å². The summed E-state index contributed by atoms with van der Waals surface area (Å²) in [5.74, 6) is 0.789. The molecule has 0 fully saturated rings. The van der Waals surface area contributed by atoms with E-state index in [4.69, 9.17) is 4.98 Å². The number of carbonyl (C=O) groups is 1. The molecule has 0 unspecified atom stereocenters. The molecule has 2 aromatic carbocycles. The molecule has 0 radical (unpaired) electrons. The molecule has 0 atom stereocenters. The molecule has 4 rings (SSSR count). The Labute approximate surface area is 181 Å². The molecule has 0 saturated heterocycles. The van der Waals surface area contributed by atoms with E-state index in [0.717, 1.165) is 36.5 Å². The van der Waals surface area contributed by atoms with Gasteiger partial charge in [0.15, 0.2) is 0 Å². The Balaban J connectivity index is 1.48. The van der Waals surface area contributed by atoms with Gasteiger partial charge in [-0.15, -0.1) is 6.58 Å². The molecule has 0 aliphatic carbocycles. The minimum absolute atomic E-state index is 0.0941. The van der Waals surface area contributed by atoms with Crippen LogP contribution in [0.4, 0.5) is 5.69 Å². The van der Waals surface area contributed by atoms with Gasteiger partial charge in [-0.3, -0.25) is 4.79 Å². The lowest BCUT2D eigenvalue weighted by atomic mass is 10.1. The number of fused-ring (bicyclic) bond motifs is 1. The maximum Gasteiger partial charge on any atom is 0.255 e. The Bertz CT molecular complexity index is 1190. The van der Waals surface area contributed by atoms with Crippen molar-refractivity contribution in [2.24, 2.45) is 0 Å². The van der Waals surface area contributed by atoms with Crippen LogP contribution in [0, 0.1) is 0 Å². The normalized spacial score (nSPS) is 13.4. The van der Waals surface area contributed by atoms with Crippen LogP contribution in [0.3, 0.4) is 0 Å². The summed E-state index contributed by atoms with van der Waals surface area (Å²) in [5, 5.41) is 2.87. The molecule has 0 spiro atoms. The van der Waals surface area contributed by atoms with Crippen LogP contribution in [0.25, 0.3) is 11.3 Å². The van der Waals surface area contributed by atoms with Crippen LogP contribution in [0.5, 0.6) is 0 Å². The van der Waals surface area contributed by atoms with Crippen LogP contribution in [0.15, 0.2) is 72.3 Å². The summed E-state index contributed by atoms with van der Waals surface area (Å²) in [5.41, 5.74) is 2.85. The van der Waals surface area contributed by atoms with Crippen molar-refractivity contribution >= 4 is 21.6 Å². The van der Waals surface area contributed by atoms with E-state index in [1.165, 1.54) is 36.8 Å². The highest BCUT2D eigenvalue weighted by molar-refractivity contribution is 7.89. The van der Waals surface area contributed by atoms with Crippen LogP contribution in [-0.2, 0) is 23.0 Å². The zero-order chi connectivity index (χ0) is 21.8. The maximum atomic E-state index is 12.6. The minimum Gasteiger partial charge on any atom is -0.334 e. The van der Waals surface area contributed by atoms with Gasteiger partial charge in [-0.1, -0.05) is 18.2 Å². The smallest absolute Gasteiger partial charge is 0.255 e. The van der Waals surface area contributed by atoms with Gasteiger partial charge in [-0.25, -0.2) is 18.1 Å². The molecule has 3 aromatic rings. The average molecular weight is 437 g/mol.